The molecule has 3 aromatic carbocycles. The van der Waals surface area contributed by atoms with Crippen LogP contribution < -0.4 is 0 Å². The first-order valence-corrected chi connectivity index (χ1v) is 9.57. The van der Waals surface area contributed by atoms with Crippen molar-refractivity contribution < 1.29 is 0 Å². The van der Waals surface area contributed by atoms with E-state index in [-0.39, 0.29) is 0 Å². The van der Waals surface area contributed by atoms with Crippen LogP contribution in [0.4, 0.5) is 0 Å². The minimum atomic E-state index is 0.793. The predicted octanol–water partition coefficient (Wildman–Crippen LogP) is 5.76. The summed E-state index contributed by atoms with van der Waals surface area (Å²) in [5.74, 6) is 0. The summed E-state index contributed by atoms with van der Waals surface area (Å²) in [6.07, 6.45) is 2.81. The zero-order chi connectivity index (χ0) is 18.2. The smallest absolute Gasteiger partial charge is 0.178 e. The van der Waals surface area contributed by atoms with E-state index in [0.717, 1.165) is 23.2 Å². The van der Waals surface area contributed by atoms with Gasteiger partial charge in [-0.25, -0.2) is 9.97 Å². The van der Waals surface area contributed by atoms with Gasteiger partial charge >= 0.3 is 0 Å². The van der Waals surface area contributed by atoms with Crippen molar-refractivity contribution in [2.75, 3.05) is 0 Å². The van der Waals surface area contributed by atoms with E-state index in [1.807, 2.05) is 12.3 Å². The van der Waals surface area contributed by atoms with Crippen molar-refractivity contribution in [1.29, 1.82) is 0 Å². The SMILES string of the molecule is c1ccc2c(c1)Cc1cc3c4ccccc4n4c5cccnc5nc4c3cc1-2. The van der Waals surface area contributed by atoms with E-state index in [1.54, 1.807) is 0 Å². The zero-order valence-corrected chi connectivity index (χ0v) is 15.1. The molecule has 0 saturated carbocycles. The lowest BCUT2D eigenvalue weighted by molar-refractivity contribution is 1.27. The number of imidazole rings is 1. The fourth-order valence-corrected chi connectivity index (χ4v) is 4.83. The summed E-state index contributed by atoms with van der Waals surface area (Å²) in [4.78, 5) is 9.44. The number of rotatable bonds is 0. The maximum absolute atomic E-state index is 4.93. The third-order valence-electron chi connectivity index (χ3n) is 6.04. The number of para-hydroxylation sites is 1. The predicted molar refractivity (Wildman–Crippen MR) is 114 cm³/mol. The molecule has 0 aliphatic heterocycles. The molecule has 0 radical (unpaired) electrons. The van der Waals surface area contributed by atoms with Crippen molar-refractivity contribution in [3.8, 4) is 11.1 Å². The highest BCUT2D eigenvalue weighted by Gasteiger charge is 2.21. The van der Waals surface area contributed by atoms with Gasteiger partial charge in [0.15, 0.2) is 5.65 Å². The molecule has 28 heavy (non-hydrogen) atoms. The Kier molecular flexibility index (Phi) is 2.54. The Balaban J connectivity index is 1.75. The van der Waals surface area contributed by atoms with Crippen molar-refractivity contribution in [1.82, 2.24) is 14.4 Å². The van der Waals surface area contributed by atoms with E-state index >= 15 is 0 Å². The maximum Gasteiger partial charge on any atom is 0.178 e. The summed E-state index contributed by atoms with van der Waals surface area (Å²) in [5, 5.41) is 3.71. The Bertz CT molecular complexity index is 1590. The fourth-order valence-electron chi connectivity index (χ4n) is 4.83. The first kappa shape index (κ1) is 14.4. The third-order valence-corrected chi connectivity index (χ3v) is 6.04. The molecule has 1 aliphatic rings. The van der Waals surface area contributed by atoms with Crippen LogP contribution in [0.25, 0.3) is 49.6 Å². The van der Waals surface area contributed by atoms with Crippen molar-refractivity contribution in [2.45, 2.75) is 6.42 Å². The highest BCUT2D eigenvalue weighted by atomic mass is 15.1. The summed E-state index contributed by atoms with van der Waals surface area (Å²) in [7, 11) is 0. The molecule has 0 spiro atoms. The van der Waals surface area contributed by atoms with E-state index < -0.39 is 0 Å². The summed E-state index contributed by atoms with van der Waals surface area (Å²) >= 11 is 0. The lowest BCUT2D eigenvalue weighted by atomic mass is 9.98. The van der Waals surface area contributed by atoms with Gasteiger partial charge in [-0.2, -0.15) is 0 Å². The number of fused-ring (bicyclic) bond motifs is 11. The van der Waals surface area contributed by atoms with Crippen molar-refractivity contribution >= 4 is 38.5 Å². The summed E-state index contributed by atoms with van der Waals surface area (Å²) in [6, 6.07) is 26.1. The average Bonchev–Trinajstić information content (AvgIpc) is 3.31. The van der Waals surface area contributed by atoms with Gasteiger partial charge in [0.2, 0.25) is 0 Å². The highest BCUT2D eigenvalue weighted by Crippen LogP contribution is 2.41. The molecular formula is C25H15N3. The molecule has 0 unspecified atom stereocenters. The molecule has 0 saturated heterocycles. The lowest BCUT2D eigenvalue weighted by Crippen LogP contribution is -1.92. The van der Waals surface area contributed by atoms with Gasteiger partial charge in [0.25, 0.3) is 0 Å². The number of hydrogen-bond donors (Lipinski definition) is 0. The molecule has 130 valence electrons. The van der Waals surface area contributed by atoms with E-state index in [2.05, 4.69) is 76.1 Å². The van der Waals surface area contributed by atoms with Crippen LogP contribution in [-0.2, 0) is 6.42 Å². The monoisotopic (exact) mass is 357 g/mol. The maximum atomic E-state index is 4.93. The van der Waals surface area contributed by atoms with Crippen LogP contribution in [0.3, 0.4) is 0 Å². The number of benzene rings is 3. The third kappa shape index (κ3) is 1.69. The Hall–Kier alpha value is -3.72. The van der Waals surface area contributed by atoms with E-state index in [1.165, 1.54) is 43.9 Å². The summed E-state index contributed by atoms with van der Waals surface area (Å²) in [6.45, 7) is 0. The molecule has 7 rings (SSSR count). The van der Waals surface area contributed by atoms with Crippen LogP contribution in [0.5, 0.6) is 0 Å². The zero-order valence-electron chi connectivity index (χ0n) is 15.1. The van der Waals surface area contributed by atoms with Crippen LogP contribution in [0.2, 0.25) is 0 Å². The Labute approximate surface area is 160 Å². The second-order valence-corrected chi connectivity index (χ2v) is 7.52. The average molecular weight is 357 g/mol. The molecule has 3 aromatic heterocycles. The molecule has 1 aliphatic carbocycles. The first-order valence-electron chi connectivity index (χ1n) is 9.57. The molecule has 0 bridgehead atoms. The van der Waals surface area contributed by atoms with Crippen LogP contribution >= 0.6 is 0 Å². The number of nitrogens with zero attached hydrogens (tertiary/aromatic N) is 3. The normalized spacial score (nSPS) is 12.9. The molecular weight excluding hydrogens is 342 g/mol. The Morgan fingerprint density at radius 3 is 2.54 bits per heavy atom. The van der Waals surface area contributed by atoms with Crippen LogP contribution in [0.15, 0.2) is 79.0 Å². The van der Waals surface area contributed by atoms with Gasteiger partial charge in [0.05, 0.1) is 11.0 Å². The van der Waals surface area contributed by atoms with Gasteiger partial charge in [-0.1, -0.05) is 42.5 Å². The molecule has 3 heteroatoms. The van der Waals surface area contributed by atoms with Gasteiger partial charge in [-0.3, -0.25) is 4.40 Å². The highest BCUT2D eigenvalue weighted by molar-refractivity contribution is 6.15. The van der Waals surface area contributed by atoms with Gasteiger partial charge in [0.1, 0.15) is 5.65 Å². The number of pyridine rings is 2. The largest absolute Gasteiger partial charge is 0.290 e. The van der Waals surface area contributed by atoms with E-state index in [9.17, 15) is 0 Å². The minimum Gasteiger partial charge on any atom is -0.290 e. The van der Waals surface area contributed by atoms with Gasteiger partial charge in [-0.05, 0) is 64.4 Å². The summed E-state index contributed by atoms with van der Waals surface area (Å²) < 4.78 is 2.26. The number of hydrogen-bond acceptors (Lipinski definition) is 2. The number of aromatic nitrogens is 3. The van der Waals surface area contributed by atoms with Crippen LogP contribution in [-0.4, -0.2) is 14.4 Å². The molecule has 0 amide bonds. The fraction of sp³-hybridized carbons (Fsp3) is 0.0400. The van der Waals surface area contributed by atoms with Crippen LogP contribution in [0, 0.1) is 0 Å². The lowest BCUT2D eigenvalue weighted by Gasteiger charge is -2.11. The van der Waals surface area contributed by atoms with Crippen LogP contribution in [0.1, 0.15) is 11.1 Å². The molecule has 3 heterocycles. The van der Waals surface area contributed by atoms with Crippen molar-refractivity contribution in [2.24, 2.45) is 0 Å². The molecule has 6 aromatic rings. The first-order chi connectivity index (χ1) is 13.9. The molecule has 0 fully saturated rings. The Morgan fingerprint density at radius 2 is 1.54 bits per heavy atom. The van der Waals surface area contributed by atoms with Gasteiger partial charge in [0, 0.05) is 17.0 Å². The molecule has 0 atom stereocenters. The summed E-state index contributed by atoms with van der Waals surface area (Å²) in [5.41, 5.74) is 9.49. The van der Waals surface area contributed by atoms with Gasteiger partial charge in [-0.15, -0.1) is 0 Å². The van der Waals surface area contributed by atoms with Crippen molar-refractivity contribution in [3.63, 3.8) is 0 Å². The topological polar surface area (TPSA) is 30.2 Å². The van der Waals surface area contributed by atoms with Gasteiger partial charge < -0.3 is 0 Å². The second kappa shape index (κ2) is 4.96. The van der Waals surface area contributed by atoms with E-state index in [4.69, 9.17) is 4.98 Å². The van der Waals surface area contributed by atoms with E-state index in [0.29, 0.717) is 0 Å². The molecule has 0 N–H and O–H groups in total. The molecule has 3 nitrogen and oxygen atoms in total. The quantitative estimate of drug-likeness (QED) is 0.323. The minimum absolute atomic E-state index is 0.793. The standard InChI is InChI=1S/C25H15N3/c1-2-7-17-15(6-1)12-16-13-20-18-8-3-4-9-22(18)28-23-10-5-11-26-24(23)27-25(28)21(20)14-19(16)17/h1-11,13-14H,12H2. The Morgan fingerprint density at radius 1 is 0.679 bits per heavy atom. The second-order valence-electron chi connectivity index (χ2n) is 7.52. The van der Waals surface area contributed by atoms with Crippen molar-refractivity contribution in [3.05, 3.63) is 90.1 Å².